The van der Waals surface area contributed by atoms with Gasteiger partial charge in [-0.25, -0.2) is 0 Å². The van der Waals surface area contributed by atoms with E-state index in [1.165, 1.54) is 5.56 Å². The van der Waals surface area contributed by atoms with Gasteiger partial charge in [0.1, 0.15) is 11.4 Å². The Morgan fingerprint density at radius 2 is 1.92 bits per heavy atom. The molecule has 1 amide bonds. The summed E-state index contributed by atoms with van der Waals surface area (Å²) in [5.74, 6) is 1.20. The van der Waals surface area contributed by atoms with Crippen LogP contribution in [0.3, 0.4) is 0 Å². The molecule has 1 saturated heterocycles. The van der Waals surface area contributed by atoms with E-state index in [1.807, 2.05) is 35.2 Å². The zero-order chi connectivity index (χ0) is 18.3. The van der Waals surface area contributed by atoms with Crippen molar-refractivity contribution in [2.75, 3.05) is 13.7 Å². The quantitative estimate of drug-likeness (QED) is 0.753. The van der Waals surface area contributed by atoms with Crippen LogP contribution in [0, 0.1) is 0 Å². The lowest BCUT2D eigenvalue weighted by Gasteiger charge is -2.31. The Morgan fingerprint density at radius 1 is 1.15 bits per heavy atom. The second-order valence-corrected chi connectivity index (χ2v) is 7.64. The minimum absolute atomic E-state index is 0.0479. The number of benzene rings is 2. The van der Waals surface area contributed by atoms with Gasteiger partial charge in [-0.2, -0.15) is 0 Å². The molecule has 26 heavy (non-hydrogen) atoms. The van der Waals surface area contributed by atoms with E-state index >= 15 is 0 Å². The summed E-state index contributed by atoms with van der Waals surface area (Å²) in [6.07, 6.45) is 0.965. The van der Waals surface area contributed by atoms with E-state index in [0.29, 0.717) is 11.6 Å². The number of nitrogens with one attached hydrogen (secondary N) is 1. The van der Waals surface area contributed by atoms with Crippen LogP contribution in [0.5, 0.6) is 5.75 Å². The SMILES string of the molecule is COc1cccc2[nH]c(C(=O)N3CC(c4ccccc4)CC3(C)C)cc12. The first kappa shape index (κ1) is 16.7. The largest absolute Gasteiger partial charge is 0.496 e. The average molecular weight is 348 g/mol. The molecule has 1 aliphatic rings. The molecular formula is C22H24N2O2. The standard InChI is InChI=1S/C22H24N2O2/c1-22(2)13-16(15-8-5-4-6-9-15)14-24(22)21(25)19-12-17-18(23-19)10-7-11-20(17)26-3/h4-12,16,23H,13-14H2,1-3H3. The van der Waals surface area contributed by atoms with Gasteiger partial charge in [0.15, 0.2) is 0 Å². The maximum Gasteiger partial charge on any atom is 0.270 e. The summed E-state index contributed by atoms with van der Waals surface area (Å²) in [5, 5.41) is 0.940. The molecule has 2 heterocycles. The Hall–Kier alpha value is -2.75. The van der Waals surface area contributed by atoms with E-state index in [9.17, 15) is 4.79 Å². The molecule has 1 unspecified atom stereocenters. The zero-order valence-electron chi connectivity index (χ0n) is 15.5. The Kier molecular flexibility index (Phi) is 3.98. The number of H-pyrrole nitrogens is 1. The first-order chi connectivity index (χ1) is 12.5. The van der Waals surface area contributed by atoms with Crippen LogP contribution in [-0.4, -0.2) is 35.0 Å². The third-order valence-electron chi connectivity index (χ3n) is 5.47. The zero-order valence-corrected chi connectivity index (χ0v) is 15.5. The second-order valence-electron chi connectivity index (χ2n) is 7.64. The van der Waals surface area contributed by atoms with Gasteiger partial charge in [0.25, 0.3) is 5.91 Å². The summed E-state index contributed by atoms with van der Waals surface area (Å²) >= 11 is 0. The van der Waals surface area contributed by atoms with E-state index in [0.717, 1.165) is 29.6 Å². The summed E-state index contributed by atoms with van der Waals surface area (Å²) in [6, 6.07) is 18.2. The summed E-state index contributed by atoms with van der Waals surface area (Å²) in [6.45, 7) is 5.04. The van der Waals surface area contributed by atoms with Gasteiger partial charge in [0, 0.05) is 28.9 Å². The molecule has 1 N–H and O–H groups in total. The van der Waals surface area contributed by atoms with Crippen molar-refractivity contribution in [3.05, 3.63) is 65.9 Å². The summed E-state index contributed by atoms with van der Waals surface area (Å²) < 4.78 is 5.42. The van der Waals surface area contributed by atoms with Crippen LogP contribution in [0.2, 0.25) is 0 Å². The second kappa shape index (κ2) is 6.20. The molecule has 0 bridgehead atoms. The van der Waals surface area contributed by atoms with Crippen LogP contribution in [0.4, 0.5) is 0 Å². The number of likely N-dealkylation sites (tertiary alicyclic amines) is 1. The Bertz CT molecular complexity index is 943. The molecule has 4 rings (SSSR count). The minimum Gasteiger partial charge on any atom is -0.496 e. The van der Waals surface area contributed by atoms with E-state index in [4.69, 9.17) is 4.74 Å². The number of carbonyl (C=O) groups excluding carboxylic acids is 1. The number of fused-ring (bicyclic) bond motifs is 1. The van der Waals surface area contributed by atoms with Crippen LogP contribution in [0.25, 0.3) is 10.9 Å². The Morgan fingerprint density at radius 3 is 2.65 bits per heavy atom. The summed E-state index contributed by atoms with van der Waals surface area (Å²) in [7, 11) is 1.65. The maximum absolute atomic E-state index is 13.3. The highest BCUT2D eigenvalue weighted by molar-refractivity contribution is 6.00. The van der Waals surface area contributed by atoms with Gasteiger partial charge in [0.05, 0.1) is 7.11 Å². The molecule has 1 aromatic heterocycles. The molecular weight excluding hydrogens is 324 g/mol. The first-order valence-electron chi connectivity index (χ1n) is 9.02. The number of aromatic nitrogens is 1. The van der Waals surface area contributed by atoms with Crippen LogP contribution in [0.1, 0.15) is 42.2 Å². The predicted octanol–water partition coefficient (Wildman–Crippen LogP) is 4.58. The number of rotatable bonds is 3. The van der Waals surface area contributed by atoms with Gasteiger partial charge < -0.3 is 14.6 Å². The lowest BCUT2D eigenvalue weighted by Crippen LogP contribution is -2.42. The van der Waals surface area contributed by atoms with Gasteiger partial charge in [-0.05, 0) is 44.0 Å². The van der Waals surface area contributed by atoms with Crippen LogP contribution in [-0.2, 0) is 0 Å². The highest BCUT2D eigenvalue weighted by Crippen LogP contribution is 2.39. The first-order valence-corrected chi connectivity index (χ1v) is 9.02. The molecule has 2 aromatic carbocycles. The third-order valence-corrected chi connectivity index (χ3v) is 5.47. The van der Waals surface area contributed by atoms with Crippen molar-refractivity contribution >= 4 is 16.8 Å². The fourth-order valence-electron chi connectivity index (χ4n) is 4.12. The summed E-state index contributed by atoms with van der Waals surface area (Å²) in [4.78, 5) is 18.5. The van der Waals surface area contributed by atoms with E-state index in [1.54, 1.807) is 7.11 Å². The van der Waals surface area contributed by atoms with Gasteiger partial charge in [-0.15, -0.1) is 0 Å². The van der Waals surface area contributed by atoms with E-state index in [2.05, 4.69) is 43.1 Å². The molecule has 1 fully saturated rings. The number of amides is 1. The van der Waals surface area contributed by atoms with Gasteiger partial charge in [0.2, 0.25) is 0 Å². The van der Waals surface area contributed by atoms with Crippen molar-refractivity contribution < 1.29 is 9.53 Å². The molecule has 0 saturated carbocycles. The number of methoxy groups -OCH3 is 1. The lowest BCUT2D eigenvalue weighted by molar-refractivity contribution is 0.0646. The number of aromatic amines is 1. The van der Waals surface area contributed by atoms with Crippen molar-refractivity contribution in [1.82, 2.24) is 9.88 Å². The molecule has 4 nitrogen and oxygen atoms in total. The van der Waals surface area contributed by atoms with Crippen LogP contribution < -0.4 is 4.74 Å². The number of hydrogen-bond acceptors (Lipinski definition) is 2. The molecule has 3 aromatic rings. The fraction of sp³-hybridized carbons (Fsp3) is 0.318. The van der Waals surface area contributed by atoms with Gasteiger partial charge in [-0.3, -0.25) is 4.79 Å². The summed E-state index contributed by atoms with van der Waals surface area (Å²) in [5.41, 5.74) is 2.66. The van der Waals surface area contributed by atoms with Crippen molar-refractivity contribution in [2.45, 2.75) is 31.7 Å². The third kappa shape index (κ3) is 2.75. The number of nitrogens with zero attached hydrogens (tertiary/aromatic N) is 1. The smallest absolute Gasteiger partial charge is 0.270 e. The lowest BCUT2D eigenvalue weighted by atomic mass is 9.91. The van der Waals surface area contributed by atoms with Crippen LogP contribution >= 0.6 is 0 Å². The molecule has 4 heteroatoms. The highest BCUT2D eigenvalue weighted by atomic mass is 16.5. The number of hydrogen-bond donors (Lipinski definition) is 1. The van der Waals surface area contributed by atoms with E-state index < -0.39 is 0 Å². The normalized spacial score (nSPS) is 19.0. The monoisotopic (exact) mass is 348 g/mol. The molecule has 0 radical (unpaired) electrons. The predicted molar refractivity (Wildman–Crippen MR) is 104 cm³/mol. The van der Waals surface area contributed by atoms with E-state index in [-0.39, 0.29) is 11.4 Å². The van der Waals surface area contributed by atoms with Gasteiger partial charge in [-0.1, -0.05) is 36.4 Å². The Labute approximate surface area is 153 Å². The topological polar surface area (TPSA) is 45.3 Å². The molecule has 0 spiro atoms. The highest BCUT2D eigenvalue weighted by Gasteiger charge is 2.42. The molecule has 1 atom stereocenters. The molecule has 1 aliphatic heterocycles. The minimum atomic E-state index is -0.182. The van der Waals surface area contributed by atoms with Crippen molar-refractivity contribution in [3.63, 3.8) is 0 Å². The Balaban J connectivity index is 1.65. The average Bonchev–Trinajstić information content (AvgIpc) is 3.22. The maximum atomic E-state index is 13.3. The van der Waals surface area contributed by atoms with Crippen LogP contribution in [0.15, 0.2) is 54.6 Å². The van der Waals surface area contributed by atoms with Crippen molar-refractivity contribution in [3.8, 4) is 5.75 Å². The molecule has 134 valence electrons. The van der Waals surface area contributed by atoms with Gasteiger partial charge >= 0.3 is 0 Å². The van der Waals surface area contributed by atoms with Crippen molar-refractivity contribution in [2.24, 2.45) is 0 Å². The fourth-order valence-corrected chi connectivity index (χ4v) is 4.12. The molecule has 0 aliphatic carbocycles. The number of carbonyl (C=O) groups is 1. The number of ether oxygens (including phenoxy) is 1. The van der Waals surface area contributed by atoms with Crippen molar-refractivity contribution in [1.29, 1.82) is 0 Å².